The minimum Gasteiger partial charge on any atom is -0.478 e. The molecular formula is C30H26N6O6. The quantitative estimate of drug-likeness (QED) is 0.196. The van der Waals surface area contributed by atoms with Gasteiger partial charge in [0.05, 0.1) is 17.6 Å². The Kier molecular flexibility index (Phi) is 6.73. The summed E-state index contributed by atoms with van der Waals surface area (Å²) in [6.45, 7) is 0.198. The first-order chi connectivity index (χ1) is 20.2. The van der Waals surface area contributed by atoms with E-state index >= 15 is 0 Å². The lowest BCUT2D eigenvalue weighted by atomic mass is 10.0. The molecule has 0 radical (unpaired) electrons. The molecule has 12 nitrogen and oxygen atoms in total. The third-order valence-corrected chi connectivity index (χ3v) is 7.91. The lowest BCUT2D eigenvalue weighted by Crippen LogP contribution is -2.37. The minimum absolute atomic E-state index is 0.0318. The molecule has 2 aliphatic rings. The Morgan fingerprint density at radius 3 is 2.36 bits per heavy atom. The van der Waals surface area contributed by atoms with Crippen molar-refractivity contribution in [2.24, 2.45) is 0 Å². The summed E-state index contributed by atoms with van der Waals surface area (Å²) in [7, 11) is 0. The largest absolute Gasteiger partial charge is 0.478 e. The van der Waals surface area contributed by atoms with Gasteiger partial charge in [-0.1, -0.05) is 24.3 Å². The normalized spacial score (nSPS) is 17.0. The Labute approximate surface area is 238 Å². The minimum atomic E-state index is -1.00. The van der Waals surface area contributed by atoms with E-state index in [0.717, 1.165) is 47.0 Å². The number of hydrogen-bond donors (Lipinski definition) is 5. The number of nitrogens with two attached hydrogens (primary N) is 1. The highest BCUT2D eigenvalue weighted by atomic mass is 16.4. The van der Waals surface area contributed by atoms with Crippen LogP contribution in [0, 0.1) is 0 Å². The smallest absolute Gasteiger partial charge is 0.335 e. The SMILES string of the molecule is Nc1c(NC2CCc3ccc(CNC(=O)c4cc(C(=O)N[C@H]5CCc6cc(C(=O)O)ccc65)ncn4)cc32)c(=O)c1=O. The van der Waals surface area contributed by atoms with Crippen LogP contribution in [0.25, 0.3) is 0 Å². The molecule has 0 aliphatic heterocycles. The fourth-order valence-electron chi connectivity index (χ4n) is 5.65. The number of carbonyl (C=O) groups excluding carboxylic acids is 2. The monoisotopic (exact) mass is 566 g/mol. The molecule has 1 unspecified atom stereocenters. The number of aromatic nitrogens is 2. The van der Waals surface area contributed by atoms with E-state index in [9.17, 15) is 29.1 Å². The number of carbonyl (C=O) groups is 3. The molecule has 2 atom stereocenters. The Hall–Kier alpha value is -5.39. The van der Waals surface area contributed by atoms with Crippen LogP contribution in [0.3, 0.4) is 0 Å². The number of nitrogens with one attached hydrogen (secondary N) is 3. The first-order valence-electron chi connectivity index (χ1n) is 13.4. The number of rotatable bonds is 8. The number of benzene rings is 2. The molecule has 6 N–H and O–H groups in total. The van der Waals surface area contributed by atoms with Crippen LogP contribution in [0.5, 0.6) is 0 Å². The summed E-state index contributed by atoms with van der Waals surface area (Å²) in [5, 5.41) is 18.0. The highest BCUT2D eigenvalue weighted by molar-refractivity contribution is 5.97. The number of hydrogen-bond acceptors (Lipinski definition) is 9. The first-order valence-corrected chi connectivity index (χ1v) is 13.4. The third-order valence-electron chi connectivity index (χ3n) is 7.91. The molecule has 0 spiro atoms. The number of nitrogens with zero attached hydrogens (tertiary/aromatic N) is 2. The summed E-state index contributed by atoms with van der Waals surface area (Å²) < 4.78 is 0. The van der Waals surface area contributed by atoms with Crippen molar-refractivity contribution in [3.05, 3.63) is 114 Å². The molecule has 212 valence electrons. The zero-order valence-electron chi connectivity index (χ0n) is 22.3. The van der Waals surface area contributed by atoms with Gasteiger partial charge >= 0.3 is 5.97 Å². The molecule has 6 rings (SSSR count). The number of carboxylic acid groups (broad SMARTS) is 1. The van der Waals surface area contributed by atoms with Crippen LogP contribution in [0.1, 0.15) is 84.1 Å². The predicted octanol–water partition coefficient (Wildman–Crippen LogP) is 1.80. The summed E-state index contributed by atoms with van der Waals surface area (Å²) in [6, 6.07) is 11.5. The van der Waals surface area contributed by atoms with E-state index in [1.807, 2.05) is 18.2 Å². The molecule has 42 heavy (non-hydrogen) atoms. The van der Waals surface area contributed by atoms with Gasteiger partial charge in [-0.3, -0.25) is 19.2 Å². The second kappa shape index (κ2) is 10.5. The summed E-state index contributed by atoms with van der Waals surface area (Å²) in [4.78, 5) is 68.4. The zero-order chi connectivity index (χ0) is 29.5. The van der Waals surface area contributed by atoms with Crippen molar-refractivity contribution in [3.63, 3.8) is 0 Å². The van der Waals surface area contributed by atoms with Gasteiger partial charge in [-0.15, -0.1) is 0 Å². The van der Waals surface area contributed by atoms with Gasteiger partial charge in [0.25, 0.3) is 22.7 Å². The number of carboxylic acids is 1. The maximum Gasteiger partial charge on any atom is 0.335 e. The van der Waals surface area contributed by atoms with Crippen molar-refractivity contribution in [1.29, 1.82) is 0 Å². The summed E-state index contributed by atoms with van der Waals surface area (Å²) in [5.41, 5.74) is 9.43. The van der Waals surface area contributed by atoms with Gasteiger partial charge in [0.15, 0.2) is 0 Å². The maximum atomic E-state index is 13.0. The number of aromatic carboxylic acids is 1. The lowest BCUT2D eigenvalue weighted by Gasteiger charge is -2.18. The van der Waals surface area contributed by atoms with E-state index in [-0.39, 0.29) is 47.0 Å². The Balaban J connectivity index is 1.09. The average Bonchev–Trinajstić information content (AvgIpc) is 3.61. The van der Waals surface area contributed by atoms with E-state index in [2.05, 4.69) is 25.9 Å². The molecule has 2 amide bonds. The van der Waals surface area contributed by atoms with E-state index in [1.165, 1.54) is 12.1 Å². The van der Waals surface area contributed by atoms with Crippen LogP contribution in [0.4, 0.5) is 11.4 Å². The number of nitrogen functional groups attached to an aromatic ring is 1. The van der Waals surface area contributed by atoms with Crippen LogP contribution in [-0.4, -0.2) is 32.9 Å². The van der Waals surface area contributed by atoms with Crippen LogP contribution in [0.15, 0.2) is 58.4 Å². The molecule has 0 saturated carbocycles. The van der Waals surface area contributed by atoms with E-state index < -0.39 is 28.6 Å². The highest BCUT2D eigenvalue weighted by Crippen LogP contribution is 2.35. The molecule has 0 bridgehead atoms. The highest BCUT2D eigenvalue weighted by Gasteiger charge is 2.28. The first kappa shape index (κ1) is 26.8. The summed E-state index contributed by atoms with van der Waals surface area (Å²) in [5.74, 6) is -1.95. The van der Waals surface area contributed by atoms with E-state index in [4.69, 9.17) is 5.73 Å². The van der Waals surface area contributed by atoms with Crippen molar-refractivity contribution < 1.29 is 19.5 Å². The van der Waals surface area contributed by atoms with Gasteiger partial charge < -0.3 is 26.8 Å². The number of aryl methyl sites for hydroxylation is 2. The third kappa shape index (κ3) is 4.87. The average molecular weight is 567 g/mol. The standard InChI is InChI=1S/C30H26N6O6/c31-24-25(27(38)26(24)37)35-21-7-4-15-2-1-14(9-19(15)21)12-32-28(39)22-11-23(34-13-33-22)29(40)36-20-8-5-16-10-17(30(41)42)3-6-18(16)20/h1-3,6,9-11,13,20-21,35H,4-5,7-8,12,31H2,(H,32,39)(H,36,40)(H,41,42)/t20-,21?/m0/s1. The molecule has 1 aromatic heterocycles. The number of amides is 2. The molecule has 2 aliphatic carbocycles. The molecule has 1 heterocycles. The second-order valence-corrected chi connectivity index (χ2v) is 10.5. The fourth-order valence-corrected chi connectivity index (χ4v) is 5.65. The van der Waals surface area contributed by atoms with Crippen LogP contribution in [0.2, 0.25) is 0 Å². The predicted molar refractivity (Wildman–Crippen MR) is 152 cm³/mol. The van der Waals surface area contributed by atoms with Crippen molar-refractivity contribution in [2.75, 3.05) is 11.1 Å². The van der Waals surface area contributed by atoms with Crippen molar-refractivity contribution >= 4 is 29.2 Å². The molecule has 3 aromatic carbocycles. The molecule has 0 fully saturated rings. The molecular weight excluding hydrogens is 540 g/mol. The topological polar surface area (TPSA) is 193 Å². The fraction of sp³-hybridized carbons (Fsp3) is 0.233. The maximum absolute atomic E-state index is 13.0. The lowest BCUT2D eigenvalue weighted by molar-refractivity contribution is 0.0696. The van der Waals surface area contributed by atoms with Gasteiger partial charge in [0.2, 0.25) is 0 Å². The van der Waals surface area contributed by atoms with Crippen LogP contribution < -0.4 is 32.5 Å². The van der Waals surface area contributed by atoms with Crippen LogP contribution >= 0.6 is 0 Å². The number of fused-ring (bicyclic) bond motifs is 2. The van der Waals surface area contributed by atoms with Gasteiger partial charge in [0, 0.05) is 12.6 Å². The summed E-state index contributed by atoms with van der Waals surface area (Å²) >= 11 is 0. The number of anilines is 2. The van der Waals surface area contributed by atoms with Crippen molar-refractivity contribution in [1.82, 2.24) is 20.6 Å². The Morgan fingerprint density at radius 2 is 1.60 bits per heavy atom. The Morgan fingerprint density at radius 1 is 0.857 bits per heavy atom. The van der Waals surface area contributed by atoms with Crippen molar-refractivity contribution in [2.45, 2.75) is 44.3 Å². The van der Waals surface area contributed by atoms with E-state index in [0.29, 0.717) is 12.8 Å². The molecule has 4 aromatic rings. The Bertz CT molecular complexity index is 1840. The second-order valence-electron chi connectivity index (χ2n) is 10.5. The zero-order valence-corrected chi connectivity index (χ0v) is 22.3. The van der Waals surface area contributed by atoms with Gasteiger partial charge in [-0.2, -0.15) is 0 Å². The summed E-state index contributed by atoms with van der Waals surface area (Å²) in [6.07, 6.45) is 3.97. The van der Waals surface area contributed by atoms with Gasteiger partial charge in [-0.25, -0.2) is 14.8 Å². The van der Waals surface area contributed by atoms with Gasteiger partial charge in [0.1, 0.15) is 29.1 Å². The van der Waals surface area contributed by atoms with E-state index in [1.54, 1.807) is 12.1 Å². The van der Waals surface area contributed by atoms with Crippen LogP contribution in [-0.2, 0) is 19.4 Å². The van der Waals surface area contributed by atoms with Crippen molar-refractivity contribution in [3.8, 4) is 0 Å². The molecule has 0 saturated heterocycles. The molecule has 12 heteroatoms. The van der Waals surface area contributed by atoms with Gasteiger partial charge in [-0.05, 0) is 65.6 Å².